The number of nitrogen functional groups attached to an aromatic ring is 1. The number of rotatable bonds is 4. The van der Waals surface area contributed by atoms with E-state index in [1.54, 1.807) is 12.1 Å². The fraction of sp³-hybridized carbons (Fsp3) is 0.158. The summed E-state index contributed by atoms with van der Waals surface area (Å²) in [6.07, 6.45) is 2.50. The summed E-state index contributed by atoms with van der Waals surface area (Å²) in [5, 5.41) is 2.44. The molecule has 2 N–H and O–H groups in total. The Kier molecular flexibility index (Phi) is 3.78. The van der Waals surface area contributed by atoms with E-state index < -0.39 is 0 Å². The largest absolute Gasteiger partial charge is 0.423 e. The van der Waals surface area contributed by atoms with Gasteiger partial charge in [0.05, 0.1) is 11.3 Å². The van der Waals surface area contributed by atoms with E-state index in [1.165, 1.54) is 29.7 Å². The zero-order chi connectivity index (χ0) is 16.5. The SMILES string of the molecule is Nc1nc(-c2ccc(OC(=O)c3ccc(C4CC4)cc3)cc2)cs1. The Bertz CT molecular complexity index is 865. The van der Waals surface area contributed by atoms with Crippen molar-refractivity contribution < 1.29 is 9.53 Å². The average Bonchev–Trinajstić information content (AvgIpc) is 3.37. The number of nitrogens with zero attached hydrogens (tertiary/aromatic N) is 1. The lowest BCUT2D eigenvalue weighted by Crippen LogP contribution is -2.08. The lowest BCUT2D eigenvalue weighted by molar-refractivity contribution is 0.0735. The number of hydrogen-bond acceptors (Lipinski definition) is 5. The fourth-order valence-corrected chi connectivity index (χ4v) is 3.16. The normalized spacial score (nSPS) is 13.7. The number of thiazole rings is 1. The lowest BCUT2D eigenvalue weighted by atomic mass is 10.1. The van der Waals surface area contributed by atoms with Crippen LogP contribution in [-0.2, 0) is 0 Å². The van der Waals surface area contributed by atoms with Gasteiger partial charge in [0.1, 0.15) is 5.75 Å². The number of hydrogen-bond donors (Lipinski definition) is 1. The third kappa shape index (κ3) is 3.16. The molecule has 1 fully saturated rings. The molecule has 3 aromatic rings. The zero-order valence-corrected chi connectivity index (χ0v) is 13.8. The molecule has 24 heavy (non-hydrogen) atoms. The van der Waals surface area contributed by atoms with E-state index in [0.29, 0.717) is 22.4 Å². The van der Waals surface area contributed by atoms with Gasteiger partial charge >= 0.3 is 5.97 Å². The molecule has 0 bridgehead atoms. The Morgan fingerprint density at radius 1 is 1.08 bits per heavy atom. The summed E-state index contributed by atoms with van der Waals surface area (Å²) in [4.78, 5) is 16.5. The van der Waals surface area contributed by atoms with Crippen LogP contribution in [-0.4, -0.2) is 11.0 Å². The summed E-state index contributed by atoms with van der Waals surface area (Å²) in [6.45, 7) is 0. The second kappa shape index (κ2) is 6.09. The van der Waals surface area contributed by atoms with Crippen LogP contribution in [0.3, 0.4) is 0 Å². The van der Waals surface area contributed by atoms with Crippen molar-refractivity contribution in [3.05, 3.63) is 65.0 Å². The Morgan fingerprint density at radius 3 is 2.38 bits per heavy atom. The van der Waals surface area contributed by atoms with E-state index in [0.717, 1.165) is 11.3 Å². The molecule has 0 saturated heterocycles. The molecule has 0 atom stereocenters. The molecule has 4 nitrogen and oxygen atoms in total. The number of aromatic nitrogens is 1. The van der Waals surface area contributed by atoms with Crippen LogP contribution in [0.25, 0.3) is 11.3 Å². The third-order valence-electron chi connectivity index (χ3n) is 4.08. The van der Waals surface area contributed by atoms with E-state index in [2.05, 4.69) is 4.98 Å². The first kappa shape index (κ1) is 14.9. The highest BCUT2D eigenvalue weighted by Gasteiger charge is 2.23. The molecule has 4 rings (SSSR count). The van der Waals surface area contributed by atoms with Crippen LogP contribution in [0, 0.1) is 0 Å². The van der Waals surface area contributed by atoms with Gasteiger partial charge in [0.25, 0.3) is 0 Å². The smallest absolute Gasteiger partial charge is 0.343 e. The van der Waals surface area contributed by atoms with Crippen LogP contribution in [0.4, 0.5) is 5.13 Å². The van der Waals surface area contributed by atoms with Crippen molar-refractivity contribution in [2.75, 3.05) is 5.73 Å². The van der Waals surface area contributed by atoms with Crippen molar-refractivity contribution in [3.8, 4) is 17.0 Å². The van der Waals surface area contributed by atoms with Crippen LogP contribution in [0.5, 0.6) is 5.75 Å². The molecule has 0 radical (unpaired) electrons. The van der Waals surface area contributed by atoms with Gasteiger partial charge in [-0.2, -0.15) is 0 Å². The van der Waals surface area contributed by atoms with Crippen molar-refractivity contribution in [2.24, 2.45) is 0 Å². The average molecular weight is 336 g/mol. The molecule has 1 heterocycles. The molecule has 0 aliphatic heterocycles. The van der Waals surface area contributed by atoms with Crippen molar-refractivity contribution in [1.82, 2.24) is 4.98 Å². The molecule has 5 heteroatoms. The minimum Gasteiger partial charge on any atom is -0.423 e. The minimum absolute atomic E-state index is 0.344. The molecular weight excluding hydrogens is 320 g/mol. The highest BCUT2D eigenvalue weighted by Crippen LogP contribution is 2.39. The van der Waals surface area contributed by atoms with Gasteiger partial charge in [-0.3, -0.25) is 0 Å². The van der Waals surface area contributed by atoms with Crippen LogP contribution in [0.2, 0.25) is 0 Å². The number of ether oxygens (including phenoxy) is 1. The quantitative estimate of drug-likeness (QED) is 0.563. The zero-order valence-electron chi connectivity index (χ0n) is 12.9. The Hall–Kier alpha value is -2.66. The molecule has 0 amide bonds. The Labute approximate surface area is 143 Å². The number of nitrogens with two attached hydrogens (primary N) is 1. The number of anilines is 1. The molecule has 1 aliphatic carbocycles. The highest BCUT2D eigenvalue weighted by molar-refractivity contribution is 7.13. The molecule has 0 spiro atoms. The van der Waals surface area contributed by atoms with Crippen LogP contribution >= 0.6 is 11.3 Å². The fourth-order valence-electron chi connectivity index (χ4n) is 2.59. The number of esters is 1. The summed E-state index contributed by atoms with van der Waals surface area (Å²) in [6, 6.07) is 15.0. The minimum atomic E-state index is -0.344. The maximum absolute atomic E-state index is 12.2. The lowest BCUT2D eigenvalue weighted by Gasteiger charge is -2.06. The second-order valence-electron chi connectivity index (χ2n) is 5.88. The van der Waals surface area contributed by atoms with Gasteiger partial charge in [0.15, 0.2) is 5.13 Å². The van der Waals surface area contributed by atoms with E-state index in [4.69, 9.17) is 10.5 Å². The van der Waals surface area contributed by atoms with Gasteiger partial charge in [-0.1, -0.05) is 12.1 Å². The van der Waals surface area contributed by atoms with E-state index >= 15 is 0 Å². The summed E-state index contributed by atoms with van der Waals surface area (Å²) in [7, 11) is 0. The van der Waals surface area contributed by atoms with Crippen LogP contribution in [0.15, 0.2) is 53.9 Å². The van der Waals surface area contributed by atoms with Gasteiger partial charge in [-0.05, 0) is 60.7 Å². The van der Waals surface area contributed by atoms with Gasteiger partial charge in [0, 0.05) is 10.9 Å². The van der Waals surface area contributed by atoms with Gasteiger partial charge in [-0.25, -0.2) is 9.78 Å². The summed E-state index contributed by atoms with van der Waals surface area (Å²) < 4.78 is 5.43. The molecule has 0 unspecified atom stereocenters. The van der Waals surface area contributed by atoms with Gasteiger partial charge in [0.2, 0.25) is 0 Å². The molecular formula is C19H16N2O2S. The number of carbonyl (C=O) groups is 1. The van der Waals surface area contributed by atoms with Crippen molar-refractivity contribution in [2.45, 2.75) is 18.8 Å². The molecule has 120 valence electrons. The number of benzene rings is 2. The molecule has 2 aromatic carbocycles. The predicted molar refractivity (Wildman–Crippen MR) is 95.3 cm³/mol. The predicted octanol–water partition coefficient (Wildman–Crippen LogP) is 4.49. The Morgan fingerprint density at radius 2 is 1.79 bits per heavy atom. The van der Waals surface area contributed by atoms with Crippen molar-refractivity contribution >= 4 is 22.4 Å². The second-order valence-corrected chi connectivity index (χ2v) is 6.77. The highest BCUT2D eigenvalue weighted by atomic mass is 32.1. The van der Waals surface area contributed by atoms with E-state index in [9.17, 15) is 4.79 Å². The number of carbonyl (C=O) groups excluding carboxylic acids is 1. The maximum atomic E-state index is 12.2. The van der Waals surface area contributed by atoms with Crippen molar-refractivity contribution in [3.63, 3.8) is 0 Å². The molecule has 1 saturated carbocycles. The summed E-state index contributed by atoms with van der Waals surface area (Å²) >= 11 is 1.40. The van der Waals surface area contributed by atoms with Crippen LogP contribution < -0.4 is 10.5 Å². The summed E-state index contributed by atoms with van der Waals surface area (Å²) in [5.41, 5.74) is 9.28. The summed E-state index contributed by atoms with van der Waals surface area (Å²) in [5.74, 6) is 0.851. The molecule has 1 aromatic heterocycles. The monoisotopic (exact) mass is 336 g/mol. The third-order valence-corrected chi connectivity index (χ3v) is 4.75. The van der Waals surface area contributed by atoms with E-state index in [1.807, 2.05) is 41.8 Å². The van der Waals surface area contributed by atoms with Gasteiger partial charge < -0.3 is 10.5 Å². The van der Waals surface area contributed by atoms with Crippen molar-refractivity contribution in [1.29, 1.82) is 0 Å². The standard InChI is InChI=1S/C19H16N2O2S/c20-19-21-17(11-24-19)14-7-9-16(10-8-14)23-18(22)15-5-3-13(4-6-15)12-1-2-12/h3-12H,1-2H2,(H2,20,21). The van der Waals surface area contributed by atoms with Crippen LogP contribution in [0.1, 0.15) is 34.7 Å². The first-order valence-corrected chi connectivity index (χ1v) is 8.70. The maximum Gasteiger partial charge on any atom is 0.343 e. The van der Waals surface area contributed by atoms with Gasteiger partial charge in [-0.15, -0.1) is 11.3 Å². The molecule has 1 aliphatic rings. The Balaban J connectivity index is 1.45. The first-order chi connectivity index (χ1) is 11.7. The topological polar surface area (TPSA) is 65.2 Å². The van der Waals surface area contributed by atoms with E-state index in [-0.39, 0.29) is 5.97 Å². The first-order valence-electron chi connectivity index (χ1n) is 7.82.